The van der Waals surface area contributed by atoms with Crippen molar-refractivity contribution in [3.8, 4) is 0 Å². The topological polar surface area (TPSA) is 66.4 Å². The zero-order valence-electron chi connectivity index (χ0n) is 5.13. The number of hydrogen-bond donors (Lipinski definition) is 2. The summed E-state index contributed by atoms with van der Waals surface area (Å²) in [4.78, 5) is 19.7. The van der Waals surface area contributed by atoms with E-state index in [2.05, 4.69) is 5.32 Å². The quantitative estimate of drug-likeness (QED) is 0.533. The van der Waals surface area contributed by atoms with Crippen LogP contribution < -0.4 is 5.32 Å². The predicted octanol–water partition coefficient (Wildman–Crippen LogP) is 0.0890. The summed E-state index contributed by atoms with van der Waals surface area (Å²) in [5.74, 6) is -0.235. The Kier molecular flexibility index (Phi) is 3.43. The molecule has 0 saturated heterocycles. The number of aldehydes is 1. The van der Waals surface area contributed by atoms with Crippen LogP contribution >= 0.6 is 0 Å². The second kappa shape index (κ2) is 3.88. The molecule has 2 N–H and O–H groups in total. The van der Waals surface area contributed by atoms with Crippen LogP contribution in [0.2, 0.25) is 0 Å². The van der Waals surface area contributed by atoms with Crippen LogP contribution in [0.4, 0.5) is 4.79 Å². The van der Waals surface area contributed by atoms with E-state index in [1.165, 1.54) is 0 Å². The zero-order chi connectivity index (χ0) is 7.28. The molecule has 4 nitrogen and oxygen atoms in total. The predicted molar refractivity (Wildman–Crippen MR) is 31.3 cm³/mol. The Morgan fingerprint density at radius 1 is 1.89 bits per heavy atom. The average Bonchev–Trinajstić information content (AvgIpc) is 1.83. The molecule has 4 heteroatoms. The fourth-order valence-corrected chi connectivity index (χ4v) is 0.296. The lowest BCUT2D eigenvalue weighted by Gasteiger charge is -2.00. The van der Waals surface area contributed by atoms with Crippen molar-refractivity contribution in [2.75, 3.05) is 6.54 Å². The van der Waals surface area contributed by atoms with Crippen molar-refractivity contribution in [3.05, 3.63) is 0 Å². The number of nitrogens with one attached hydrogen (secondary N) is 1. The van der Waals surface area contributed by atoms with E-state index in [1.807, 2.05) is 0 Å². The van der Waals surface area contributed by atoms with Crippen LogP contribution in [0.1, 0.15) is 6.92 Å². The van der Waals surface area contributed by atoms with Gasteiger partial charge in [-0.05, 0) is 0 Å². The van der Waals surface area contributed by atoms with Gasteiger partial charge in [-0.1, -0.05) is 6.92 Å². The van der Waals surface area contributed by atoms with E-state index in [1.54, 1.807) is 6.92 Å². The number of carbonyl (C=O) groups is 2. The minimum absolute atomic E-state index is 0.193. The summed E-state index contributed by atoms with van der Waals surface area (Å²) in [6.45, 7) is 1.84. The van der Waals surface area contributed by atoms with E-state index in [0.29, 0.717) is 6.29 Å². The molecule has 0 heterocycles. The Morgan fingerprint density at radius 3 is 2.78 bits per heavy atom. The SMILES string of the molecule is CC(C=O)CNC(=O)O. The van der Waals surface area contributed by atoms with Crippen molar-refractivity contribution in [3.63, 3.8) is 0 Å². The fourth-order valence-electron chi connectivity index (χ4n) is 0.296. The summed E-state index contributed by atoms with van der Waals surface area (Å²) in [7, 11) is 0. The van der Waals surface area contributed by atoms with Gasteiger partial charge in [0.05, 0.1) is 0 Å². The molecule has 0 spiro atoms. The molecule has 1 amide bonds. The molecule has 0 aromatic rings. The van der Waals surface area contributed by atoms with Gasteiger partial charge in [-0.15, -0.1) is 0 Å². The third-order valence-corrected chi connectivity index (χ3v) is 0.808. The van der Waals surface area contributed by atoms with Gasteiger partial charge in [-0.2, -0.15) is 0 Å². The van der Waals surface area contributed by atoms with Gasteiger partial charge in [0, 0.05) is 12.5 Å². The second-order valence-corrected chi connectivity index (χ2v) is 1.80. The summed E-state index contributed by atoms with van der Waals surface area (Å²) in [6.07, 6.45) is -0.389. The molecule has 0 radical (unpaired) electrons. The minimum Gasteiger partial charge on any atom is -0.465 e. The van der Waals surface area contributed by atoms with Crippen LogP contribution in [0.3, 0.4) is 0 Å². The van der Waals surface area contributed by atoms with Gasteiger partial charge in [-0.3, -0.25) is 0 Å². The van der Waals surface area contributed by atoms with Crippen LogP contribution in [-0.2, 0) is 4.79 Å². The van der Waals surface area contributed by atoms with Crippen LogP contribution in [0.15, 0.2) is 0 Å². The first-order chi connectivity index (χ1) is 4.16. The summed E-state index contributed by atoms with van der Waals surface area (Å²) < 4.78 is 0. The lowest BCUT2D eigenvalue weighted by molar-refractivity contribution is -0.110. The molecule has 0 fully saturated rings. The molecule has 1 atom stereocenters. The smallest absolute Gasteiger partial charge is 0.404 e. The Labute approximate surface area is 52.9 Å². The lowest BCUT2D eigenvalue weighted by Crippen LogP contribution is -2.26. The summed E-state index contributed by atoms with van der Waals surface area (Å²) >= 11 is 0. The highest BCUT2D eigenvalue weighted by molar-refractivity contribution is 5.65. The summed E-state index contributed by atoms with van der Waals surface area (Å²) in [5, 5.41) is 10.1. The molecule has 52 valence electrons. The van der Waals surface area contributed by atoms with Gasteiger partial charge < -0.3 is 15.2 Å². The zero-order valence-corrected chi connectivity index (χ0v) is 5.13. The maximum absolute atomic E-state index is 9.88. The molecule has 0 aliphatic carbocycles. The maximum atomic E-state index is 9.88. The molecular formula is C5H9NO3. The molecule has 0 aliphatic rings. The molecule has 0 aliphatic heterocycles. The molecular weight excluding hydrogens is 122 g/mol. The number of hydrogen-bond acceptors (Lipinski definition) is 2. The Hall–Kier alpha value is -1.06. The van der Waals surface area contributed by atoms with Crippen LogP contribution in [0.25, 0.3) is 0 Å². The number of rotatable bonds is 3. The van der Waals surface area contributed by atoms with Gasteiger partial charge in [0.2, 0.25) is 0 Å². The Bertz CT molecular complexity index is 113. The van der Waals surface area contributed by atoms with E-state index >= 15 is 0 Å². The van der Waals surface area contributed by atoms with Crippen molar-refractivity contribution >= 4 is 12.4 Å². The molecule has 0 bridgehead atoms. The normalized spacial score (nSPS) is 12.1. The molecule has 0 saturated carbocycles. The van der Waals surface area contributed by atoms with E-state index < -0.39 is 6.09 Å². The highest BCUT2D eigenvalue weighted by atomic mass is 16.4. The summed E-state index contributed by atoms with van der Waals surface area (Å²) in [6, 6.07) is 0. The van der Waals surface area contributed by atoms with Crippen LogP contribution in [-0.4, -0.2) is 24.0 Å². The third kappa shape index (κ3) is 4.80. The largest absolute Gasteiger partial charge is 0.465 e. The van der Waals surface area contributed by atoms with E-state index in [4.69, 9.17) is 5.11 Å². The average molecular weight is 131 g/mol. The lowest BCUT2D eigenvalue weighted by atomic mass is 10.2. The number of carboxylic acid groups (broad SMARTS) is 1. The minimum atomic E-state index is -1.09. The monoisotopic (exact) mass is 131 g/mol. The van der Waals surface area contributed by atoms with Crippen molar-refractivity contribution in [2.45, 2.75) is 6.92 Å². The van der Waals surface area contributed by atoms with Gasteiger partial charge >= 0.3 is 6.09 Å². The van der Waals surface area contributed by atoms with Crippen LogP contribution in [0, 0.1) is 5.92 Å². The Morgan fingerprint density at radius 2 is 2.44 bits per heavy atom. The third-order valence-electron chi connectivity index (χ3n) is 0.808. The number of carbonyl (C=O) groups excluding carboxylic acids is 1. The van der Waals surface area contributed by atoms with Crippen molar-refractivity contribution in [1.82, 2.24) is 5.32 Å². The Balaban J connectivity index is 3.26. The van der Waals surface area contributed by atoms with Gasteiger partial charge in [0.25, 0.3) is 0 Å². The maximum Gasteiger partial charge on any atom is 0.404 e. The standard InChI is InChI=1S/C5H9NO3/c1-4(3-7)2-6-5(8)9/h3-4,6H,2H2,1H3,(H,8,9). The van der Waals surface area contributed by atoms with Crippen LogP contribution in [0.5, 0.6) is 0 Å². The van der Waals surface area contributed by atoms with Crippen molar-refractivity contribution < 1.29 is 14.7 Å². The fraction of sp³-hybridized carbons (Fsp3) is 0.600. The first-order valence-electron chi connectivity index (χ1n) is 2.59. The first kappa shape index (κ1) is 7.94. The van der Waals surface area contributed by atoms with E-state index in [9.17, 15) is 9.59 Å². The number of amides is 1. The van der Waals surface area contributed by atoms with E-state index in [0.717, 1.165) is 0 Å². The highest BCUT2D eigenvalue weighted by Crippen LogP contribution is 1.83. The van der Waals surface area contributed by atoms with Gasteiger partial charge in [0.1, 0.15) is 6.29 Å². The van der Waals surface area contributed by atoms with Crippen molar-refractivity contribution in [2.24, 2.45) is 5.92 Å². The van der Waals surface area contributed by atoms with E-state index in [-0.39, 0.29) is 12.5 Å². The highest BCUT2D eigenvalue weighted by Gasteiger charge is 1.99. The molecule has 1 unspecified atom stereocenters. The van der Waals surface area contributed by atoms with Crippen molar-refractivity contribution in [1.29, 1.82) is 0 Å². The second-order valence-electron chi connectivity index (χ2n) is 1.80. The van der Waals surface area contributed by atoms with Gasteiger partial charge in [-0.25, -0.2) is 4.79 Å². The molecule has 0 aromatic carbocycles. The molecule has 0 aromatic heterocycles. The molecule has 9 heavy (non-hydrogen) atoms. The molecule has 0 rings (SSSR count). The van der Waals surface area contributed by atoms with Gasteiger partial charge in [0.15, 0.2) is 0 Å². The first-order valence-corrected chi connectivity index (χ1v) is 2.59. The summed E-state index contributed by atoms with van der Waals surface area (Å²) in [5.41, 5.74) is 0.